The maximum atomic E-state index is 13.9. The van der Waals surface area contributed by atoms with E-state index in [0.29, 0.717) is 12.4 Å². The van der Waals surface area contributed by atoms with Gasteiger partial charge in [-0.2, -0.15) is 0 Å². The van der Waals surface area contributed by atoms with E-state index in [1.54, 1.807) is 19.3 Å². The van der Waals surface area contributed by atoms with Gasteiger partial charge in [0, 0.05) is 49.6 Å². The van der Waals surface area contributed by atoms with Gasteiger partial charge in [-0.3, -0.25) is 4.99 Å². The topological polar surface area (TPSA) is 52.6 Å². The SMILES string of the molecule is CN=C(NCCSc1ccc(C)cc1)NC1CCN(c2ncccc2F)C1. The summed E-state index contributed by atoms with van der Waals surface area (Å²) in [7, 11) is 1.77. The van der Waals surface area contributed by atoms with Gasteiger partial charge < -0.3 is 15.5 Å². The molecular formula is C20H26FN5S. The van der Waals surface area contributed by atoms with E-state index < -0.39 is 0 Å². The molecule has 144 valence electrons. The van der Waals surface area contributed by atoms with Crippen LogP contribution in [0.5, 0.6) is 0 Å². The number of halogens is 1. The first kappa shape index (κ1) is 19.5. The van der Waals surface area contributed by atoms with E-state index in [9.17, 15) is 4.39 Å². The summed E-state index contributed by atoms with van der Waals surface area (Å²) in [5.74, 6) is 1.90. The summed E-state index contributed by atoms with van der Waals surface area (Å²) in [5, 5.41) is 6.78. The van der Waals surface area contributed by atoms with Gasteiger partial charge in [-0.15, -0.1) is 11.8 Å². The molecule has 27 heavy (non-hydrogen) atoms. The Morgan fingerprint density at radius 1 is 1.33 bits per heavy atom. The lowest BCUT2D eigenvalue weighted by Crippen LogP contribution is -2.45. The number of hydrogen-bond acceptors (Lipinski definition) is 4. The van der Waals surface area contributed by atoms with E-state index >= 15 is 0 Å². The van der Waals surface area contributed by atoms with Crippen molar-refractivity contribution in [2.45, 2.75) is 24.3 Å². The van der Waals surface area contributed by atoms with E-state index in [-0.39, 0.29) is 11.9 Å². The Labute approximate surface area is 164 Å². The molecule has 3 rings (SSSR count). The largest absolute Gasteiger partial charge is 0.356 e. The van der Waals surface area contributed by atoms with Crippen LogP contribution < -0.4 is 15.5 Å². The Hall–Kier alpha value is -2.28. The van der Waals surface area contributed by atoms with Crippen LogP contribution in [0.4, 0.5) is 10.2 Å². The minimum Gasteiger partial charge on any atom is -0.356 e. The molecule has 0 aliphatic carbocycles. The highest BCUT2D eigenvalue weighted by Crippen LogP contribution is 2.21. The predicted molar refractivity (Wildman–Crippen MR) is 111 cm³/mol. The van der Waals surface area contributed by atoms with Gasteiger partial charge in [0.1, 0.15) is 0 Å². The minimum atomic E-state index is -0.270. The first-order valence-electron chi connectivity index (χ1n) is 9.18. The van der Waals surface area contributed by atoms with Crippen molar-refractivity contribution in [3.8, 4) is 0 Å². The van der Waals surface area contributed by atoms with Crippen molar-refractivity contribution in [1.82, 2.24) is 15.6 Å². The van der Waals surface area contributed by atoms with Crippen molar-refractivity contribution < 1.29 is 4.39 Å². The number of aromatic nitrogens is 1. The zero-order valence-electron chi connectivity index (χ0n) is 15.8. The van der Waals surface area contributed by atoms with Gasteiger partial charge in [-0.25, -0.2) is 9.37 Å². The number of nitrogens with one attached hydrogen (secondary N) is 2. The second-order valence-electron chi connectivity index (χ2n) is 6.55. The van der Waals surface area contributed by atoms with Crippen LogP contribution in [0.3, 0.4) is 0 Å². The van der Waals surface area contributed by atoms with Gasteiger partial charge in [-0.05, 0) is 37.6 Å². The van der Waals surface area contributed by atoms with E-state index in [4.69, 9.17) is 0 Å². The molecule has 1 aromatic heterocycles. The van der Waals surface area contributed by atoms with E-state index in [1.807, 2.05) is 16.7 Å². The highest BCUT2D eigenvalue weighted by atomic mass is 32.2. The molecule has 0 bridgehead atoms. The molecule has 2 aromatic rings. The van der Waals surface area contributed by atoms with Crippen molar-refractivity contribution in [2.75, 3.05) is 37.3 Å². The smallest absolute Gasteiger partial charge is 0.191 e. The highest BCUT2D eigenvalue weighted by molar-refractivity contribution is 7.99. The van der Waals surface area contributed by atoms with Gasteiger partial charge in [-0.1, -0.05) is 17.7 Å². The molecular weight excluding hydrogens is 361 g/mol. The van der Waals surface area contributed by atoms with E-state index in [2.05, 4.69) is 51.8 Å². The van der Waals surface area contributed by atoms with Crippen molar-refractivity contribution in [1.29, 1.82) is 0 Å². The number of aryl methyl sites for hydroxylation is 1. The van der Waals surface area contributed by atoms with Crippen LogP contribution in [0.25, 0.3) is 0 Å². The van der Waals surface area contributed by atoms with E-state index in [1.165, 1.54) is 16.5 Å². The van der Waals surface area contributed by atoms with Crippen LogP contribution in [0.15, 0.2) is 52.5 Å². The molecule has 1 fully saturated rings. The van der Waals surface area contributed by atoms with Gasteiger partial charge in [0.05, 0.1) is 0 Å². The highest BCUT2D eigenvalue weighted by Gasteiger charge is 2.25. The minimum absolute atomic E-state index is 0.224. The van der Waals surface area contributed by atoms with Gasteiger partial charge in [0.2, 0.25) is 0 Å². The number of nitrogens with zero attached hydrogens (tertiary/aromatic N) is 3. The van der Waals surface area contributed by atoms with Crippen molar-refractivity contribution in [3.05, 3.63) is 54.0 Å². The summed E-state index contributed by atoms with van der Waals surface area (Å²) in [6, 6.07) is 11.9. The normalized spacial score (nSPS) is 17.2. The zero-order valence-corrected chi connectivity index (χ0v) is 16.6. The number of pyridine rings is 1. The Morgan fingerprint density at radius 2 is 2.15 bits per heavy atom. The van der Waals surface area contributed by atoms with Gasteiger partial charge >= 0.3 is 0 Å². The fourth-order valence-corrected chi connectivity index (χ4v) is 3.81. The first-order valence-corrected chi connectivity index (χ1v) is 10.2. The van der Waals surface area contributed by atoms with Crippen LogP contribution in [-0.4, -0.2) is 49.4 Å². The van der Waals surface area contributed by atoms with Crippen LogP contribution in [0, 0.1) is 12.7 Å². The summed E-state index contributed by atoms with van der Waals surface area (Å²) in [6.45, 7) is 4.42. The summed E-state index contributed by atoms with van der Waals surface area (Å²) in [5.41, 5.74) is 1.28. The number of rotatable bonds is 6. The third kappa shape index (κ3) is 5.60. The number of hydrogen-bond donors (Lipinski definition) is 2. The lowest BCUT2D eigenvalue weighted by Gasteiger charge is -2.20. The Balaban J connectivity index is 1.41. The predicted octanol–water partition coefficient (Wildman–Crippen LogP) is 3.07. The lowest BCUT2D eigenvalue weighted by atomic mass is 10.2. The molecule has 2 N–H and O–H groups in total. The monoisotopic (exact) mass is 387 g/mol. The number of thioether (sulfide) groups is 1. The molecule has 1 unspecified atom stereocenters. The summed E-state index contributed by atoms with van der Waals surface area (Å²) >= 11 is 1.82. The molecule has 0 radical (unpaired) electrons. The van der Waals surface area contributed by atoms with Crippen molar-refractivity contribution in [3.63, 3.8) is 0 Å². The number of aliphatic imine (C=N–C) groups is 1. The Morgan fingerprint density at radius 3 is 2.89 bits per heavy atom. The molecule has 5 nitrogen and oxygen atoms in total. The molecule has 0 amide bonds. The molecule has 1 aliphatic rings. The van der Waals surface area contributed by atoms with Crippen LogP contribution in [0.2, 0.25) is 0 Å². The number of guanidine groups is 1. The number of benzene rings is 1. The molecule has 2 heterocycles. The molecule has 0 spiro atoms. The first-order chi connectivity index (χ1) is 13.2. The van der Waals surface area contributed by atoms with Crippen molar-refractivity contribution in [2.24, 2.45) is 4.99 Å². The average Bonchev–Trinajstić information content (AvgIpc) is 3.14. The quantitative estimate of drug-likeness (QED) is 0.345. The van der Waals surface area contributed by atoms with E-state index in [0.717, 1.165) is 31.2 Å². The average molecular weight is 388 g/mol. The van der Waals surface area contributed by atoms with Gasteiger partial charge in [0.15, 0.2) is 17.6 Å². The fraction of sp³-hybridized carbons (Fsp3) is 0.400. The summed E-state index contributed by atoms with van der Waals surface area (Å²) in [6.07, 6.45) is 2.56. The maximum absolute atomic E-state index is 13.9. The second-order valence-corrected chi connectivity index (χ2v) is 7.71. The van der Waals surface area contributed by atoms with Gasteiger partial charge in [0.25, 0.3) is 0 Å². The maximum Gasteiger partial charge on any atom is 0.191 e. The summed E-state index contributed by atoms with van der Waals surface area (Å²) in [4.78, 5) is 11.7. The van der Waals surface area contributed by atoms with Crippen molar-refractivity contribution >= 4 is 23.5 Å². The fourth-order valence-electron chi connectivity index (χ4n) is 3.04. The second kappa shape index (κ2) is 9.60. The third-order valence-electron chi connectivity index (χ3n) is 4.48. The van der Waals surface area contributed by atoms with Crippen LogP contribution in [0.1, 0.15) is 12.0 Å². The molecule has 1 saturated heterocycles. The Bertz CT molecular complexity index is 765. The zero-order chi connectivity index (χ0) is 19.1. The summed E-state index contributed by atoms with van der Waals surface area (Å²) < 4.78 is 13.9. The molecule has 0 saturated carbocycles. The molecule has 1 atom stereocenters. The molecule has 1 aliphatic heterocycles. The Kier molecular flexibility index (Phi) is 6.92. The third-order valence-corrected chi connectivity index (χ3v) is 5.49. The molecule has 1 aromatic carbocycles. The number of anilines is 1. The van der Waals surface area contributed by atoms with Crippen LogP contribution >= 0.6 is 11.8 Å². The van der Waals surface area contributed by atoms with Crippen LogP contribution in [-0.2, 0) is 0 Å². The lowest BCUT2D eigenvalue weighted by molar-refractivity contribution is 0.612. The molecule has 7 heteroatoms. The standard InChI is InChI=1S/C20H26FN5S/c1-15-5-7-17(8-6-15)27-13-11-24-20(22-2)25-16-9-12-26(14-16)19-18(21)4-3-10-23-19/h3-8,10,16H,9,11-14H2,1-2H3,(H2,22,24,25).